The second-order valence-electron chi connectivity index (χ2n) is 5.13. The van der Waals surface area contributed by atoms with E-state index >= 15 is 0 Å². The fourth-order valence-corrected chi connectivity index (χ4v) is 2.24. The summed E-state index contributed by atoms with van der Waals surface area (Å²) >= 11 is 0. The number of hydrogen-bond donors (Lipinski definition) is 1. The summed E-state index contributed by atoms with van der Waals surface area (Å²) in [5, 5.41) is 9.31. The first kappa shape index (κ1) is 12.9. The van der Waals surface area contributed by atoms with E-state index in [1.165, 1.54) is 11.1 Å². The molecule has 1 aromatic carbocycles. The molecule has 0 bridgehead atoms. The number of aliphatic hydroxyl groups excluding tert-OH is 1. The molecule has 0 aliphatic rings. The van der Waals surface area contributed by atoms with E-state index in [-0.39, 0.29) is 6.61 Å². The number of rotatable bonds is 3. The Kier molecular flexibility index (Phi) is 3.58. The van der Waals surface area contributed by atoms with Gasteiger partial charge in [0, 0.05) is 18.4 Å². The van der Waals surface area contributed by atoms with E-state index in [0.29, 0.717) is 5.92 Å². The Morgan fingerprint density at radius 1 is 1.17 bits per heavy atom. The Morgan fingerprint density at radius 3 is 2.22 bits per heavy atom. The fraction of sp³-hybridized carbons (Fsp3) is 0.375. The van der Waals surface area contributed by atoms with E-state index in [0.717, 1.165) is 17.0 Å². The van der Waals surface area contributed by atoms with Crippen molar-refractivity contribution in [2.75, 3.05) is 0 Å². The summed E-state index contributed by atoms with van der Waals surface area (Å²) in [5.41, 5.74) is 5.84. The minimum Gasteiger partial charge on any atom is -0.392 e. The maximum Gasteiger partial charge on any atom is 0.0699 e. The largest absolute Gasteiger partial charge is 0.392 e. The lowest BCUT2D eigenvalue weighted by atomic mass is 10.0. The van der Waals surface area contributed by atoms with Gasteiger partial charge in [-0.3, -0.25) is 0 Å². The van der Waals surface area contributed by atoms with Crippen LogP contribution in [0.5, 0.6) is 0 Å². The number of benzene rings is 1. The minimum absolute atomic E-state index is 0.101. The summed E-state index contributed by atoms with van der Waals surface area (Å²) in [6.07, 6.45) is 0. The van der Waals surface area contributed by atoms with E-state index in [1.54, 1.807) is 0 Å². The molecule has 0 saturated carbocycles. The second-order valence-corrected chi connectivity index (χ2v) is 5.13. The Hall–Kier alpha value is -1.54. The first-order chi connectivity index (χ1) is 8.54. The van der Waals surface area contributed by atoms with Gasteiger partial charge in [-0.1, -0.05) is 38.1 Å². The lowest BCUT2D eigenvalue weighted by Crippen LogP contribution is -1.95. The van der Waals surface area contributed by atoms with Crippen molar-refractivity contribution < 1.29 is 5.11 Å². The van der Waals surface area contributed by atoms with Gasteiger partial charge in [0.25, 0.3) is 0 Å². The highest BCUT2D eigenvalue weighted by Gasteiger charge is 2.10. The van der Waals surface area contributed by atoms with Gasteiger partial charge < -0.3 is 9.67 Å². The van der Waals surface area contributed by atoms with Gasteiger partial charge in [-0.15, -0.1) is 0 Å². The highest BCUT2D eigenvalue weighted by atomic mass is 16.3. The summed E-state index contributed by atoms with van der Waals surface area (Å²) < 4.78 is 2.13. The van der Waals surface area contributed by atoms with Gasteiger partial charge in [-0.25, -0.2) is 0 Å². The number of hydrogen-bond acceptors (Lipinski definition) is 1. The van der Waals surface area contributed by atoms with Crippen LogP contribution in [0.2, 0.25) is 0 Å². The lowest BCUT2D eigenvalue weighted by Gasteiger charge is -2.08. The molecular weight excluding hydrogens is 222 g/mol. The molecule has 0 saturated heterocycles. The van der Waals surface area contributed by atoms with Crippen LogP contribution < -0.4 is 0 Å². The third-order valence-corrected chi connectivity index (χ3v) is 3.68. The molecule has 1 N–H and O–H groups in total. The fourth-order valence-electron chi connectivity index (χ4n) is 2.24. The third kappa shape index (κ3) is 2.21. The first-order valence-electron chi connectivity index (χ1n) is 6.41. The molecule has 1 aromatic heterocycles. The molecule has 96 valence electrons. The Balaban J connectivity index is 2.42. The number of nitrogens with zero attached hydrogens (tertiary/aromatic N) is 1. The van der Waals surface area contributed by atoms with Crippen molar-refractivity contribution in [3.63, 3.8) is 0 Å². The van der Waals surface area contributed by atoms with Crippen LogP contribution >= 0.6 is 0 Å². The zero-order valence-electron chi connectivity index (χ0n) is 11.6. The maximum atomic E-state index is 9.31. The van der Waals surface area contributed by atoms with Crippen LogP contribution in [0.4, 0.5) is 0 Å². The van der Waals surface area contributed by atoms with Crippen LogP contribution in [-0.2, 0) is 13.7 Å². The molecule has 2 nitrogen and oxygen atoms in total. The van der Waals surface area contributed by atoms with E-state index < -0.39 is 0 Å². The van der Waals surface area contributed by atoms with Crippen molar-refractivity contribution in [2.24, 2.45) is 7.05 Å². The van der Waals surface area contributed by atoms with Crippen LogP contribution in [0.1, 0.15) is 36.6 Å². The van der Waals surface area contributed by atoms with Crippen molar-refractivity contribution in [3.05, 3.63) is 47.2 Å². The molecule has 0 aliphatic carbocycles. The molecule has 0 fully saturated rings. The number of aromatic nitrogens is 1. The zero-order chi connectivity index (χ0) is 13.3. The quantitative estimate of drug-likeness (QED) is 0.875. The lowest BCUT2D eigenvalue weighted by molar-refractivity contribution is 0.281. The van der Waals surface area contributed by atoms with E-state index in [1.807, 2.05) is 14.0 Å². The van der Waals surface area contributed by atoms with Gasteiger partial charge in [0.1, 0.15) is 0 Å². The Bertz CT molecular complexity index is 535. The molecular formula is C16H21NO. The van der Waals surface area contributed by atoms with Crippen LogP contribution in [0.3, 0.4) is 0 Å². The molecule has 0 atom stereocenters. The predicted octanol–water partition coefficient (Wildman–Crippen LogP) is 3.62. The molecule has 2 aromatic rings. The van der Waals surface area contributed by atoms with Crippen molar-refractivity contribution >= 4 is 0 Å². The highest BCUT2D eigenvalue weighted by Crippen LogP contribution is 2.26. The second kappa shape index (κ2) is 4.99. The van der Waals surface area contributed by atoms with Crippen molar-refractivity contribution in [3.8, 4) is 11.3 Å². The third-order valence-electron chi connectivity index (χ3n) is 3.68. The number of aliphatic hydroxyl groups is 1. The molecule has 18 heavy (non-hydrogen) atoms. The molecule has 2 rings (SSSR count). The summed E-state index contributed by atoms with van der Waals surface area (Å²) in [4.78, 5) is 0. The van der Waals surface area contributed by atoms with Crippen molar-refractivity contribution in [1.82, 2.24) is 4.57 Å². The average molecular weight is 243 g/mol. The molecule has 0 spiro atoms. The van der Waals surface area contributed by atoms with E-state index in [2.05, 4.69) is 48.7 Å². The summed E-state index contributed by atoms with van der Waals surface area (Å²) in [6, 6.07) is 10.7. The maximum absolute atomic E-state index is 9.31. The van der Waals surface area contributed by atoms with Gasteiger partial charge in [-0.05, 0) is 35.6 Å². The summed E-state index contributed by atoms with van der Waals surface area (Å²) in [7, 11) is 2.04. The molecule has 2 heteroatoms. The van der Waals surface area contributed by atoms with Gasteiger partial charge in [-0.2, -0.15) is 0 Å². The van der Waals surface area contributed by atoms with Crippen LogP contribution in [0.25, 0.3) is 11.3 Å². The molecule has 0 unspecified atom stereocenters. The van der Waals surface area contributed by atoms with E-state index in [9.17, 15) is 5.11 Å². The zero-order valence-corrected chi connectivity index (χ0v) is 11.6. The van der Waals surface area contributed by atoms with Gasteiger partial charge >= 0.3 is 0 Å². The minimum atomic E-state index is 0.101. The Labute approximate surface area is 109 Å². The van der Waals surface area contributed by atoms with Crippen molar-refractivity contribution in [1.29, 1.82) is 0 Å². The standard InChI is InChI=1S/C16H21NO/c1-11(2)13-5-7-14(8-6-13)16-9-15(10-18)12(3)17(16)4/h5-9,11,18H,10H2,1-4H3. The van der Waals surface area contributed by atoms with Gasteiger partial charge in [0.05, 0.1) is 6.61 Å². The molecule has 1 heterocycles. The summed E-state index contributed by atoms with van der Waals surface area (Å²) in [6.45, 7) is 6.54. The monoisotopic (exact) mass is 243 g/mol. The predicted molar refractivity (Wildman–Crippen MR) is 75.6 cm³/mol. The topological polar surface area (TPSA) is 25.2 Å². The Morgan fingerprint density at radius 2 is 1.78 bits per heavy atom. The van der Waals surface area contributed by atoms with Gasteiger partial charge in [0.2, 0.25) is 0 Å². The highest BCUT2D eigenvalue weighted by molar-refractivity contribution is 5.62. The van der Waals surface area contributed by atoms with Crippen molar-refractivity contribution in [2.45, 2.75) is 33.3 Å². The first-order valence-corrected chi connectivity index (χ1v) is 6.41. The molecule has 0 amide bonds. The van der Waals surface area contributed by atoms with Gasteiger partial charge in [0.15, 0.2) is 0 Å². The van der Waals surface area contributed by atoms with E-state index in [4.69, 9.17) is 0 Å². The molecule has 0 aliphatic heterocycles. The van der Waals surface area contributed by atoms with Crippen LogP contribution in [-0.4, -0.2) is 9.67 Å². The SMILES string of the molecule is Cc1c(CO)cc(-c2ccc(C(C)C)cc2)n1C. The van der Waals surface area contributed by atoms with Crippen LogP contribution in [0, 0.1) is 6.92 Å². The average Bonchev–Trinajstić information content (AvgIpc) is 2.66. The summed E-state index contributed by atoms with van der Waals surface area (Å²) in [5.74, 6) is 0.558. The normalized spacial score (nSPS) is 11.2. The molecule has 0 radical (unpaired) electrons. The smallest absolute Gasteiger partial charge is 0.0699 e. The van der Waals surface area contributed by atoms with Crippen LogP contribution in [0.15, 0.2) is 30.3 Å².